The zero-order chi connectivity index (χ0) is 13.1. The number of nitrogen functional groups attached to an aromatic ring is 1. The van der Waals surface area contributed by atoms with Crippen molar-refractivity contribution in [3.63, 3.8) is 0 Å². The average molecular weight is 240 g/mol. The van der Waals surface area contributed by atoms with Gasteiger partial charge in [0.1, 0.15) is 5.60 Å². The van der Waals surface area contributed by atoms with Crippen molar-refractivity contribution in [1.29, 1.82) is 0 Å². The van der Waals surface area contributed by atoms with E-state index in [2.05, 4.69) is 5.32 Å². The molecule has 1 atom stereocenters. The van der Waals surface area contributed by atoms with E-state index in [1.54, 1.807) is 0 Å². The summed E-state index contributed by atoms with van der Waals surface area (Å²) in [5.41, 5.74) is 4.18. The smallest absolute Gasteiger partial charge is 0.255 e. The Morgan fingerprint density at radius 3 is 2.76 bits per heavy atom. The van der Waals surface area contributed by atoms with Crippen LogP contribution in [0.2, 0.25) is 0 Å². The maximum absolute atomic E-state index is 11.7. The summed E-state index contributed by atoms with van der Waals surface area (Å²) in [5.74, 6) is -0.864. The molecule has 0 aliphatic carbocycles. The van der Waals surface area contributed by atoms with Crippen molar-refractivity contribution < 1.29 is 20.1 Å². The predicted molar refractivity (Wildman–Crippen MR) is 62.6 cm³/mol. The van der Waals surface area contributed by atoms with Gasteiger partial charge in [0.05, 0.1) is 17.9 Å². The molecule has 0 heterocycles. The normalized spacial score (nSPS) is 14.1. The number of aliphatic hydroxyl groups is 2. The van der Waals surface area contributed by atoms with E-state index in [-0.39, 0.29) is 23.5 Å². The minimum Gasteiger partial charge on any atom is -0.505 e. The Morgan fingerprint density at radius 1 is 1.53 bits per heavy atom. The van der Waals surface area contributed by atoms with Crippen LogP contribution in [0.5, 0.6) is 5.75 Å². The van der Waals surface area contributed by atoms with Crippen LogP contribution in [0.3, 0.4) is 0 Å². The molecule has 0 aromatic heterocycles. The molecule has 94 valence electrons. The van der Waals surface area contributed by atoms with Crippen LogP contribution in [0.25, 0.3) is 0 Å². The van der Waals surface area contributed by atoms with Gasteiger partial charge in [0.15, 0.2) is 5.75 Å². The third kappa shape index (κ3) is 3.33. The minimum atomic E-state index is -1.40. The second-order valence-electron chi connectivity index (χ2n) is 4.08. The molecular formula is C11H16N2O4. The largest absolute Gasteiger partial charge is 0.505 e. The van der Waals surface area contributed by atoms with Gasteiger partial charge in [-0.15, -0.1) is 0 Å². The lowest BCUT2D eigenvalue weighted by atomic mass is 10.1. The molecule has 0 saturated carbocycles. The number of aromatic hydroxyl groups is 1. The summed E-state index contributed by atoms with van der Waals surface area (Å²) < 4.78 is 0. The van der Waals surface area contributed by atoms with Crippen LogP contribution >= 0.6 is 0 Å². The number of hydrogen-bond donors (Lipinski definition) is 5. The van der Waals surface area contributed by atoms with Gasteiger partial charge in [0, 0.05) is 6.54 Å². The number of para-hydroxylation sites is 1. The van der Waals surface area contributed by atoms with Crippen molar-refractivity contribution in [1.82, 2.24) is 5.32 Å². The maximum atomic E-state index is 11.7. The van der Waals surface area contributed by atoms with E-state index in [4.69, 9.17) is 10.8 Å². The van der Waals surface area contributed by atoms with Crippen molar-refractivity contribution in [2.24, 2.45) is 0 Å². The van der Waals surface area contributed by atoms with Crippen LogP contribution in [0.15, 0.2) is 18.2 Å². The molecule has 0 aliphatic heterocycles. The van der Waals surface area contributed by atoms with E-state index in [0.717, 1.165) is 0 Å². The first-order chi connectivity index (χ1) is 7.87. The SMILES string of the molecule is CC(O)(CO)CNC(=O)c1cccc(N)c1O. The molecule has 1 unspecified atom stereocenters. The summed E-state index contributed by atoms with van der Waals surface area (Å²) in [4.78, 5) is 11.7. The number of carbonyl (C=O) groups is 1. The molecule has 0 saturated heterocycles. The van der Waals surface area contributed by atoms with Crippen LogP contribution in [0, 0.1) is 0 Å². The number of nitrogens with two attached hydrogens (primary N) is 1. The summed E-state index contributed by atoms with van der Waals surface area (Å²) in [5, 5.41) is 30.2. The number of benzene rings is 1. The number of aliphatic hydroxyl groups excluding tert-OH is 1. The molecule has 6 heteroatoms. The van der Waals surface area contributed by atoms with Gasteiger partial charge in [-0.3, -0.25) is 4.79 Å². The number of carbonyl (C=O) groups excluding carboxylic acids is 1. The second kappa shape index (κ2) is 5.03. The first kappa shape index (κ1) is 13.3. The summed E-state index contributed by atoms with van der Waals surface area (Å²) in [7, 11) is 0. The van der Waals surface area contributed by atoms with Gasteiger partial charge in [0.2, 0.25) is 0 Å². The third-order valence-corrected chi connectivity index (χ3v) is 2.28. The van der Waals surface area contributed by atoms with Gasteiger partial charge < -0.3 is 26.4 Å². The zero-order valence-electron chi connectivity index (χ0n) is 9.47. The fourth-order valence-corrected chi connectivity index (χ4v) is 1.17. The summed E-state index contributed by atoms with van der Waals surface area (Å²) >= 11 is 0. The van der Waals surface area contributed by atoms with E-state index < -0.39 is 18.1 Å². The van der Waals surface area contributed by atoms with Crippen molar-refractivity contribution in [2.45, 2.75) is 12.5 Å². The maximum Gasteiger partial charge on any atom is 0.255 e. The highest BCUT2D eigenvalue weighted by molar-refractivity contribution is 5.98. The summed E-state index contributed by atoms with van der Waals surface area (Å²) in [6, 6.07) is 4.42. The molecule has 6 N–H and O–H groups in total. The highest BCUT2D eigenvalue weighted by Crippen LogP contribution is 2.24. The number of hydrogen-bond acceptors (Lipinski definition) is 5. The Hall–Kier alpha value is -1.79. The Balaban J connectivity index is 2.74. The molecule has 1 aromatic rings. The van der Waals surface area contributed by atoms with E-state index in [1.165, 1.54) is 25.1 Å². The number of anilines is 1. The van der Waals surface area contributed by atoms with Crippen molar-refractivity contribution in [3.8, 4) is 5.75 Å². The molecule has 6 nitrogen and oxygen atoms in total. The summed E-state index contributed by atoms with van der Waals surface area (Å²) in [6.45, 7) is 0.777. The van der Waals surface area contributed by atoms with Crippen molar-refractivity contribution in [2.75, 3.05) is 18.9 Å². The number of phenolic OH excluding ortho intramolecular Hbond substituents is 1. The third-order valence-electron chi connectivity index (χ3n) is 2.28. The van der Waals surface area contributed by atoms with Gasteiger partial charge in [-0.1, -0.05) is 6.07 Å². The topological polar surface area (TPSA) is 116 Å². The quantitative estimate of drug-likeness (QED) is 0.357. The standard InChI is InChI=1S/C11H16N2O4/c1-11(17,6-14)5-13-10(16)7-3-2-4-8(12)9(7)15/h2-4,14-15,17H,5-6,12H2,1H3,(H,13,16). The van der Waals surface area contributed by atoms with Crippen LogP contribution < -0.4 is 11.1 Å². The Morgan fingerprint density at radius 2 is 2.18 bits per heavy atom. The summed E-state index contributed by atoms with van der Waals surface area (Å²) in [6.07, 6.45) is 0. The van der Waals surface area contributed by atoms with Gasteiger partial charge >= 0.3 is 0 Å². The second-order valence-corrected chi connectivity index (χ2v) is 4.08. The molecular weight excluding hydrogens is 224 g/mol. The van der Waals surface area contributed by atoms with E-state index in [9.17, 15) is 15.0 Å². The molecule has 0 aliphatic rings. The average Bonchev–Trinajstić information content (AvgIpc) is 2.30. The van der Waals surface area contributed by atoms with E-state index >= 15 is 0 Å². The van der Waals surface area contributed by atoms with Crippen LogP contribution in [-0.2, 0) is 0 Å². The lowest BCUT2D eigenvalue weighted by Gasteiger charge is -2.20. The highest BCUT2D eigenvalue weighted by atomic mass is 16.3. The zero-order valence-corrected chi connectivity index (χ0v) is 9.47. The Kier molecular flexibility index (Phi) is 3.93. The van der Waals surface area contributed by atoms with Gasteiger partial charge in [-0.2, -0.15) is 0 Å². The number of rotatable bonds is 4. The Labute approximate surface area is 98.7 Å². The molecule has 0 fully saturated rings. The molecule has 17 heavy (non-hydrogen) atoms. The van der Waals surface area contributed by atoms with E-state index in [1.807, 2.05) is 0 Å². The lowest BCUT2D eigenvalue weighted by molar-refractivity contribution is 0.00318. The van der Waals surface area contributed by atoms with Gasteiger partial charge in [-0.25, -0.2) is 0 Å². The fourth-order valence-electron chi connectivity index (χ4n) is 1.17. The molecule has 1 rings (SSSR count). The highest BCUT2D eigenvalue weighted by Gasteiger charge is 2.21. The fraction of sp³-hybridized carbons (Fsp3) is 0.364. The molecule has 1 amide bonds. The number of nitrogens with one attached hydrogen (secondary N) is 1. The molecule has 0 radical (unpaired) electrons. The minimum absolute atomic E-state index is 0.0266. The van der Waals surface area contributed by atoms with Gasteiger partial charge in [-0.05, 0) is 19.1 Å². The number of amides is 1. The van der Waals surface area contributed by atoms with E-state index in [0.29, 0.717) is 0 Å². The monoisotopic (exact) mass is 240 g/mol. The molecule has 1 aromatic carbocycles. The van der Waals surface area contributed by atoms with Crippen LogP contribution in [-0.4, -0.2) is 40.0 Å². The van der Waals surface area contributed by atoms with Crippen LogP contribution in [0.4, 0.5) is 5.69 Å². The van der Waals surface area contributed by atoms with Gasteiger partial charge in [0.25, 0.3) is 5.91 Å². The van der Waals surface area contributed by atoms with Crippen molar-refractivity contribution in [3.05, 3.63) is 23.8 Å². The number of phenols is 1. The Bertz CT molecular complexity index is 418. The first-order valence-corrected chi connectivity index (χ1v) is 5.06. The lowest BCUT2D eigenvalue weighted by Crippen LogP contribution is -2.43. The van der Waals surface area contributed by atoms with Crippen LogP contribution in [0.1, 0.15) is 17.3 Å². The first-order valence-electron chi connectivity index (χ1n) is 5.06. The molecule has 0 spiro atoms. The predicted octanol–water partition coefficient (Wildman–Crippen LogP) is -0.553. The molecule has 0 bridgehead atoms. The van der Waals surface area contributed by atoms with Crippen molar-refractivity contribution >= 4 is 11.6 Å².